The molecule has 6 heteroatoms. The summed E-state index contributed by atoms with van der Waals surface area (Å²) < 4.78 is 5.22. The van der Waals surface area contributed by atoms with E-state index in [0.29, 0.717) is 17.0 Å². The minimum absolute atomic E-state index is 0.120. The van der Waals surface area contributed by atoms with Crippen LogP contribution in [0.3, 0.4) is 0 Å². The maximum absolute atomic E-state index is 12.3. The smallest absolute Gasteiger partial charge is 0.229 e. The summed E-state index contributed by atoms with van der Waals surface area (Å²) in [5.41, 5.74) is 0. The molecule has 2 aliphatic carbocycles. The fourth-order valence-electron chi connectivity index (χ4n) is 3.46. The minimum atomic E-state index is 0.120. The Hall–Kier alpha value is -1.95. The highest BCUT2D eigenvalue weighted by Gasteiger charge is 2.54. The van der Waals surface area contributed by atoms with E-state index in [0.717, 1.165) is 10.8 Å². The molecular formula is C16H17N3O2S. The van der Waals surface area contributed by atoms with Crippen LogP contribution >= 0.6 is 11.3 Å². The Morgan fingerprint density at radius 1 is 1.27 bits per heavy atom. The Bertz CT molecular complexity index is 680. The van der Waals surface area contributed by atoms with Gasteiger partial charge in [0, 0.05) is 5.92 Å². The van der Waals surface area contributed by atoms with E-state index in [4.69, 9.17) is 4.42 Å². The van der Waals surface area contributed by atoms with E-state index in [1.54, 1.807) is 6.26 Å². The molecule has 0 aromatic carbocycles. The average molecular weight is 315 g/mol. The van der Waals surface area contributed by atoms with Gasteiger partial charge in [-0.15, -0.1) is 10.2 Å². The zero-order valence-electron chi connectivity index (χ0n) is 12.1. The van der Waals surface area contributed by atoms with Crippen molar-refractivity contribution in [2.75, 3.05) is 5.32 Å². The molecule has 1 amide bonds. The Labute approximate surface area is 132 Å². The summed E-state index contributed by atoms with van der Waals surface area (Å²) in [6.07, 6.45) is 10.2. The summed E-state index contributed by atoms with van der Waals surface area (Å²) in [5, 5.41) is 12.4. The molecule has 22 heavy (non-hydrogen) atoms. The molecule has 1 N–H and O–H groups in total. The number of carbonyl (C=O) groups is 1. The number of hydrogen-bond acceptors (Lipinski definition) is 5. The van der Waals surface area contributed by atoms with Crippen molar-refractivity contribution in [1.29, 1.82) is 0 Å². The molecule has 2 fully saturated rings. The normalized spacial score (nSPS) is 26.8. The minimum Gasteiger partial charge on any atom is -0.465 e. The van der Waals surface area contributed by atoms with Crippen LogP contribution in [0.4, 0.5) is 5.13 Å². The van der Waals surface area contributed by atoms with E-state index in [-0.39, 0.29) is 11.8 Å². The van der Waals surface area contributed by atoms with Crippen molar-refractivity contribution in [3.8, 4) is 0 Å². The van der Waals surface area contributed by atoms with Gasteiger partial charge in [-0.3, -0.25) is 4.79 Å². The van der Waals surface area contributed by atoms with Gasteiger partial charge in [0.15, 0.2) is 0 Å². The molecule has 2 heterocycles. The number of hydrogen-bond donors (Lipinski definition) is 1. The van der Waals surface area contributed by atoms with E-state index in [9.17, 15) is 4.79 Å². The molecule has 0 spiro atoms. The van der Waals surface area contributed by atoms with Crippen LogP contribution in [-0.2, 0) is 4.79 Å². The standard InChI is InChI=1S/C16H17N3O2S/c20-15(14-11-5-1-2-6-12(11)14)17-16-19-18-13(22-16)8-7-10-4-3-9-21-10/h3-4,7-9,11-12,14H,1-2,5-6H2,(H,17,19,20). The molecule has 2 unspecified atom stereocenters. The fraction of sp³-hybridized carbons (Fsp3) is 0.438. The maximum atomic E-state index is 12.3. The fourth-order valence-corrected chi connectivity index (χ4v) is 4.11. The Kier molecular flexibility index (Phi) is 3.54. The van der Waals surface area contributed by atoms with Gasteiger partial charge in [0.1, 0.15) is 10.8 Å². The summed E-state index contributed by atoms with van der Waals surface area (Å²) in [7, 11) is 0. The number of carbonyl (C=O) groups excluding carboxylic acids is 1. The number of furan rings is 1. The van der Waals surface area contributed by atoms with Crippen molar-refractivity contribution >= 4 is 34.5 Å². The number of fused-ring (bicyclic) bond motifs is 1. The lowest BCUT2D eigenvalue weighted by atomic mass is 10.0. The highest BCUT2D eigenvalue weighted by atomic mass is 32.1. The van der Waals surface area contributed by atoms with Crippen LogP contribution < -0.4 is 5.32 Å². The molecule has 114 valence electrons. The summed E-state index contributed by atoms with van der Waals surface area (Å²) in [5.74, 6) is 2.31. The van der Waals surface area contributed by atoms with Crippen LogP contribution in [0.1, 0.15) is 36.5 Å². The molecule has 0 radical (unpaired) electrons. The third-order valence-electron chi connectivity index (χ3n) is 4.56. The monoisotopic (exact) mass is 315 g/mol. The zero-order chi connectivity index (χ0) is 14.9. The third kappa shape index (κ3) is 2.70. The lowest BCUT2D eigenvalue weighted by Crippen LogP contribution is -2.15. The van der Waals surface area contributed by atoms with Gasteiger partial charge in [-0.1, -0.05) is 24.2 Å². The number of aromatic nitrogens is 2. The lowest BCUT2D eigenvalue weighted by Gasteiger charge is -2.04. The van der Waals surface area contributed by atoms with Gasteiger partial charge in [-0.25, -0.2) is 0 Å². The number of rotatable bonds is 4. The van der Waals surface area contributed by atoms with Gasteiger partial charge >= 0.3 is 0 Å². The van der Waals surface area contributed by atoms with Gasteiger partial charge in [0.25, 0.3) is 0 Å². The van der Waals surface area contributed by atoms with Crippen LogP contribution in [0.25, 0.3) is 12.2 Å². The van der Waals surface area contributed by atoms with E-state index in [1.165, 1.54) is 37.0 Å². The van der Waals surface area contributed by atoms with Crippen molar-refractivity contribution < 1.29 is 9.21 Å². The molecule has 2 saturated carbocycles. The second-order valence-electron chi connectivity index (χ2n) is 5.92. The summed E-state index contributed by atoms with van der Waals surface area (Å²) in [4.78, 5) is 12.3. The van der Waals surface area contributed by atoms with E-state index in [2.05, 4.69) is 15.5 Å². The Morgan fingerprint density at radius 3 is 2.82 bits per heavy atom. The van der Waals surface area contributed by atoms with Crippen molar-refractivity contribution in [1.82, 2.24) is 10.2 Å². The van der Waals surface area contributed by atoms with Crippen LogP contribution in [-0.4, -0.2) is 16.1 Å². The van der Waals surface area contributed by atoms with Gasteiger partial charge in [-0.05, 0) is 49.0 Å². The predicted molar refractivity (Wildman–Crippen MR) is 85.1 cm³/mol. The first-order valence-electron chi connectivity index (χ1n) is 7.67. The summed E-state index contributed by atoms with van der Waals surface area (Å²) in [6, 6.07) is 3.70. The molecule has 2 aromatic heterocycles. The van der Waals surface area contributed by atoms with Gasteiger partial charge in [-0.2, -0.15) is 0 Å². The molecule has 0 aliphatic heterocycles. The van der Waals surface area contributed by atoms with Gasteiger partial charge < -0.3 is 9.73 Å². The highest BCUT2D eigenvalue weighted by Crippen LogP contribution is 2.55. The molecule has 0 bridgehead atoms. The molecule has 2 aliphatic rings. The molecule has 2 aromatic rings. The highest BCUT2D eigenvalue weighted by molar-refractivity contribution is 7.16. The average Bonchev–Trinajstić information content (AvgIpc) is 2.88. The number of amides is 1. The van der Waals surface area contributed by atoms with E-state index >= 15 is 0 Å². The SMILES string of the molecule is O=C(Nc1nnc(C=Cc2ccco2)s1)C1C2CCCCC21. The quantitative estimate of drug-likeness (QED) is 0.934. The largest absolute Gasteiger partial charge is 0.465 e. The predicted octanol–water partition coefficient (Wildman–Crippen LogP) is 3.68. The Balaban J connectivity index is 1.37. The maximum Gasteiger partial charge on any atom is 0.229 e. The van der Waals surface area contributed by atoms with Crippen LogP contribution in [0, 0.1) is 17.8 Å². The first-order valence-corrected chi connectivity index (χ1v) is 8.49. The third-order valence-corrected chi connectivity index (χ3v) is 5.37. The topological polar surface area (TPSA) is 68.0 Å². The number of nitrogens with zero attached hydrogens (tertiary/aromatic N) is 2. The molecule has 2 atom stereocenters. The van der Waals surface area contributed by atoms with Crippen molar-refractivity contribution in [2.45, 2.75) is 25.7 Å². The second kappa shape index (κ2) is 5.68. The summed E-state index contributed by atoms with van der Waals surface area (Å²) >= 11 is 1.38. The number of nitrogens with one attached hydrogen (secondary N) is 1. The van der Waals surface area contributed by atoms with Crippen LogP contribution in [0.5, 0.6) is 0 Å². The van der Waals surface area contributed by atoms with Crippen molar-refractivity contribution in [3.63, 3.8) is 0 Å². The van der Waals surface area contributed by atoms with Crippen LogP contribution in [0.15, 0.2) is 22.8 Å². The van der Waals surface area contributed by atoms with Crippen molar-refractivity contribution in [2.24, 2.45) is 17.8 Å². The first kappa shape index (κ1) is 13.7. The lowest BCUT2D eigenvalue weighted by molar-refractivity contribution is -0.117. The van der Waals surface area contributed by atoms with E-state index < -0.39 is 0 Å². The summed E-state index contributed by atoms with van der Waals surface area (Å²) in [6.45, 7) is 0. The zero-order valence-corrected chi connectivity index (χ0v) is 12.9. The first-order chi connectivity index (χ1) is 10.8. The molecule has 0 saturated heterocycles. The van der Waals surface area contributed by atoms with E-state index in [1.807, 2.05) is 24.3 Å². The molecular weight excluding hydrogens is 298 g/mol. The van der Waals surface area contributed by atoms with Crippen molar-refractivity contribution in [3.05, 3.63) is 29.2 Å². The number of anilines is 1. The van der Waals surface area contributed by atoms with Gasteiger partial charge in [0.2, 0.25) is 11.0 Å². The van der Waals surface area contributed by atoms with Gasteiger partial charge in [0.05, 0.1) is 6.26 Å². The molecule has 5 nitrogen and oxygen atoms in total. The Morgan fingerprint density at radius 2 is 2.09 bits per heavy atom. The van der Waals surface area contributed by atoms with Crippen LogP contribution in [0.2, 0.25) is 0 Å². The molecule has 4 rings (SSSR count). The second-order valence-corrected chi connectivity index (χ2v) is 6.93.